The molecule has 24 heavy (non-hydrogen) atoms. The number of methoxy groups -OCH3 is 6. The topological polar surface area (TPSA) is 55.4 Å². The van der Waals surface area contributed by atoms with Crippen LogP contribution in [0.25, 0.3) is 0 Å². The summed E-state index contributed by atoms with van der Waals surface area (Å²) in [4.78, 5) is 0. The van der Waals surface area contributed by atoms with Crippen molar-refractivity contribution in [2.75, 3.05) is 42.7 Å². The number of ether oxygens (including phenoxy) is 6. The Balaban J connectivity index is 1.97. The van der Waals surface area contributed by atoms with E-state index < -0.39 is 17.4 Å². The highest BCUT2D eigenvalue weighted by molar-refractivity contribution is 5.68. The molecule has 1 aromatic carbocycles. The summed E-state index contributed by atoms with van der Waals surface area (Å²) in [6, 6.07) is 0. The summed E-state index contributed by atoms with van der Waals surface area (Å²) in [6.45, 7) is 0. The van der Waals surface area contributed by atoms with Crippen molar-refractivity contribution in [1.29, 1.82) is 0 Å². The fraction of sp³-hybridized carbons (Fsp3) is 0.667. The molecule has 0 radical (unpaired) electrons. The number of benzene rings is 1. The first kappa shape index (κ1) is 16.4. The molecule has 0 fully saturated rings. The molecular formula is C18H24O6. The van der Waals surface area contributed by atoms with E-state index in [1.807, 2.05) is 0 Å². The third kappa shape index (κ3) is 1.53. The Morgan fingerprint density at radius 1 is 0.458 bits per heavy atom. The molecule has 3 aliphatic rings. The largest absolute Gasteiger partial charge is 0.349 e. The van der Waals surface area contributed by atoms with Crippen LogP contribution in [0.15, 0.2) is 0 Å². The van der Waals surface area contributed by atoms with Crippen LogP contribution in [0, 0.1) is 0 Å². The third-order valence-electron chi connectivity index (χ3n) is 6.16. The molecule has 0 saturated heterocycles. The molecule has 4 rings (SSSR count). The van der Waals surface area contributed by atoms with Gasteiger partial charge in [-0.2, -0.15) is 0 Å². The van der Waals surface area contributed by atoms with Crippen LogP contribution in [0.1, 0.15) is 33.4 Å². The van der Waals surface area contributed by atoms with Crippen molar-refractivity contribution in [1.82, 2.24) is 0 Å². The van der Waals surface area contributed by atoms with Crippen molar-refractivity contribution < 1.29 is 28.4 Å². The quantitative estimate of drug-likeness (QED) is 0.737. The zero-order valence-electron chi connectivity index (χ0n) is 15.1. The molecule has 0 atom stereocenters. The molecule has 0 N–H and O–H groups in total. The smallest absolute Gasteiger partial charge is 0.199 e. The van der Waals surface area contributed by atoms with Gasteiger partial charge in [-0.1, -0.05) is 0 Å². The molecule has 0 aromatic heterocycles. The summed E-state index contributed by atoms with van der Waals surface area (Å²) >= 11 is 0. The van der Waals surface area contributed by atoms with Crippen LogP contribution in [-0.2, 0) is 65.0 Å². The summed E-state index contributed by atoms with van der Waals surface area (Å²) in [7, 11) is 10.1. The summed E-state index contributed by atoms with van der Waals surface area (Å²) in [5.41, 5.74) is 6.90. The standard InChI is InChI=1S/C18H24O6/c1-19-16(20-2)7-10-13(16)11-8-17(21-3,22-4)15(11)12-9-18(23-5,24-6)14(10)12/h7-9H2,1-6H3. The van der Waals surface area contributed by atoms with E-state index in [9.17, 15) is 0 Å². The lowest BCUT2D eigenvalue weighted by molar-refractivity contribution is -0.259. The van der Waals surface area contributed by atoms with E-state index in [0.29, 0.717) is 19.3 Å². The monoisotopic (exact) mass is 336 g/mol. The van der Waals surface area contributed by atoms with Crippen LogP contribution in [-0.4, -0.2) is 42.7 Å². The Labute approximate surface area is 141 Å². The lowest BCUT2D eigenvalue weighted by atomic mass is 9.58. The molecule has 0 saturated carbocycles. The predicted octanol–water partition coefficient (Wildman–Crippen LogP) is 1.69. The number of hydrogen-bond acceptors (Lipinski definition) is 6. The summed E-state index contributed by atoms with van der Waals surface area (Å²) in [5, 5.41) is 0. The van der Waals surface area contributed by atoms with Crippen LogP contribution in [0.3, 0.4) is 0 Å². The highest BCUT2D eigenvalue weighted by Gasteiger charge is 2.62. The average molecular weight is 336 g/mol. The van der Waals surface area contributed by atoms with Crippen molar-refractivity contribution in [3.8, 4) is 0 Å². The Hall–Kier alpha value is -1.02. The maximum Gasteiger partial charge on any atom is 0.199 e. The van der Waals surface area contributed by atoms with Crippen LogP contribution >= 0.6 is 0 Å². The minimum atomic E-state index is -0.703. The fourth-order valence-corrected chi connectivity index (χ4v) is 4.77. The van der Waals surface area contributed by atoms with Gasteiger partial charge in [-0.05, 0) is 16.7 Å². The first-order valence-corrected chi connectivity index (χ1v) is 8.05. The lowest BCUT2D eigenvalue weighted by Crippen LogP contribution is -2.57. The molecule has 132 valence electrons. The zero-order chi connectivity index (χ0) is 17.3. The molecule has 0 unspecified atom stereocenters. The van der Waals surface area contributed by atoms with Crippen molar-refractivity contribution in [2.24, 2.45) is 0 Å². The Morgan fingerprint density at radius 3 is 0.833 bits per heavy atom. The van der Waals surface area contributed by atoms with Crippen molar-refractivity contribution in [3.63, 3.8) is 0 Å². The predicted molar refractivity (Wildman–Crippen MR) is 84.6 cm³/mol. The summed E-state index contributed by atoms with van der Waals surface area (Å²) < 4.78 is 34.3. The van der Waals surface area contributed by atoms with Crippen LogP contribution in [0.5, 0.6) is 0 Å². The normalized spacial score (nSPS) is 23.2. The van der Waals surface area contributed by atoms with Crippen molar-refractivity contribution >= 4 is 0 Å². The molecular weight excluding hydrogens is 312 g/mol. The highest BCUT2D eigenvalue weighted by Crippen LogP contribution is 2.62. The maximum atomic E-state index is 5.72. The van der Waals surface area contributed by atoms with E-state index >= 15 is 0 Å². The molecule has 0 bridgehead atoms. The van der Waals surface area contributed by atoms with E-state index in [0.717, 1.165) is 16.7 Å². The second-order valence-corrected chi connectivity index (χ2v) is 6.57. The minimum Gasteiger partial charge on any atom is -0.349 e. The van der Waals surface area contributed by atoms with Gasteiger partial charge in [0.05, 0.1) is 0 Å². The zero-order valence-corrected chi connectivity index (χ0v) is 15.1. The molecule has 0 spiro atoms. The van der Waals surface area contributed by atoms with Crippen LogP contribution < -0.4 is 0 Å². The van der Waals surface area contributed by atoms with Gasteiger partial charge >= 0.3 is 0 Å². The lowest BCUT2D eigenvalue weighted by Gasteiger charge is -2.57. The third-order valence-corrected chi connectivity index (χ3v) is 6.16. The summed E-state index contributed by atoms with van der Waals surface area (Å²) in [5.74, 6) is -2.11. The molecule has 0 heterocycles. The number of hydrogen-bond donors (Lipinski definition) is 0. The van der Waals surface area contributed by atoms with Gasteiger partial charge in [0.15, 0.2) is 17.4 Å². The van der Waals surface area contributed by atoms with Crippen molar-refractivity contribution in [3.05, 3.63) is 33.4 Å². The summed E-state index contributed by atoms with van der Waals surface area (Å²) in [6.07, 6.45) is 2.06. The SMILES string of the molecule is COC1(OC)Cc2c1c1c(c3c2C(OC)(OC)C3)C(OC)(OC)C1. The van der Waals surface area contributed by atoms with Gasteiger partial charge in [0, 0.05) is 78.6 Å². The minimum absolute atomic E-state index is 0.687. The van der Waals surface area contributed by atoms with E-state index in [-0.39, 0.29) is 0 Å². The molecule has 6 heteroatoms. The maximum absolute atomic E-state index is 5.72. The van der Waals surface area contributed by atoms with E-state index in [1.165, 1.54) is 16.7 Å². The van der Waals surface area contributed by atoms with Gasteiger partial charge < -0.3 is 28.4 Å². The van der Waals surface area contributed by atoms with Gasteiger partial charge in [-0.25, -0.2) is 0 Å². The van der Waals surface area contributed by atoms with Gasteiger partial charge in [-0.3, -0.25) is 0 Å². The van der Waals surface area contributed by atoms with Gasteiger partial charge in [0.2, 0.25) is 0 Å². The molecule has 1 aromatic rings. The van der Waals surface area contributed by atoms with Crippen LogP contribution in [0.2, 0.25) is 0 Å². The van der Waals surface area contributed by atoms with E-state index in [2.05, 4.69) is 0 Å². The fourth-order valence-electron chi connectivity index (χ4n) is 4.77. The van der Waals surface area contributed by atoms with Gasteiger partial charge in [-0.15, -0.1) is 0 Å². The Bertz CT molecular complexity index is 582. The Kier molecular flexibility index (Phi) is 3.43. The number of rotatable bonds is 6. The molecule has 0 amide bonds. The first-order valence-electron chi connectivity index (χ1n) is 8.05. The van der Waals surface area contributed by atoms with E-state index in [1.54, 1.807) is 42.7 Å². The average Bonchev–Trinajstić information content (AvgIpc) is 2.56. The Morgan fingerprint density at radius 2 is 0.667 bits per heavy atom. The molecule has 6 nitrogen and oxygen atoms in total. The van der Waals surface area contributed by atoms with E-state index in [4.69, 9.17) is 28.4 Å². The molecule has 0 aliphatic heterocycles. The van der Waals surface area contributed by atoms with Gasteiger partial charge in [0.25, 0.3) is 0 Å². The highest BCUT2D eigenvalue weighted by atomic mass is 16.7. The second-order valence-electron chi connectivity index (χ2n) is 6.57. The second kappa shape index (κ2) is 5.00. The van der Waals surface area contributed by atoms with Gasteiger partial charge in [0.1, 0.15) is 0 Å². The van der Waals surface area contributed by atoms with Crippen molar-refractivity contribution in [2.45, 2.75) is 36.6 Å². The van der Waals surface area contributed by atoms with Crippen LogP contribution in [0.4, 0.5) is 0 Å². The molecule has 3 aliphatic carbocycles. The first-order chi connectivity index (χ1) is 11.5. The number of fused-ring (bicyclic) bond motifs is 6.